The second-order valence-corrected chi connectivity index (χ2v) is 5.93. The molecule has 1 aliphatic heterocycles. The number of halogens is 2. The first-order valence-corrected chi connectivity index (χ1v) is 8.06. The Morgan fingerprint density at radius 3 is 2.40 bits per heavy atom. The van der Waals surface area contributed by atoms with Gasteiger partial charge in [0.15, 0.2) is 6.29 Å². The van der Waals surface area contributed by atoms with Gasteiger partial charge in [0, 0.05) is 24.2 Å². The van der Waals surface area contributed by atoms with E-state index in [9.17, 15) is 8.78 Å². The van der Waals surface area contributed by atoms with Crippen molar-refractivity contribution in [1.82, 2.24) is 0 Å². The summed E-state index contributed by atoms with van der Waals surface area (Å²) in [6.45, 7) is 4.62. The van der Waals surface area contributed by atoms with Gasteiger partial charge in [-0.1, -0.05) is 30.3 Å². The van der Waals surface area contributed by atoms with Crippen LogP contribution in [0.25, 0.3) is 11.1 Å². The first kappa shape index (κ1) is 17.7. The minimum atomic E-state index is -0.635. The van der Waals surface area contributed by atoms with E-state index in [1.54, 1.807) is 12.1 Å². The quantitative estimate of drug-likeness (QED) is 0.739. The van der Waals surface area contributed by atoms with E-state index in [4.69, 9.17) is 14.2 Å². The van der Waals surface area contributed by atoms with Gasteiger partial charge in [-0.2, -0.15) is 0 Å². The molecular weight excluding hydrogens is 326 g/mol. The van der Waals surface area contributed by atoms with Gasteiger partial charge >= 0.3 is 0 Å². The van der Waals surface area contributed by atoms with Crippen molar-refractivity contribution in [2.45, 2.75) is 12.9 Å². The fraction of sp³-hybridized carbons (Fsp3) is 0.300. The summed E-state index contributed by atoms with van der Waals surface area (Å²) in [6.07, 6.45) is 1.22. The maximum Gasteiger partial charge on any atom is 0.184 e. The molecule has 0 aromatic heterocycles. The number of benzene rings is 2. The van der Waals surface area contributed by atoms with E-state index in [1.807, 2.05) is 18.2 Å². The average Bonchev–Trinajstić information content (AvgIpc) is 2.64. The van der Waals surface area contributed by atoms with Crippen LogP contribution in [0.2, 0.25) is 0 Å². The third-order valence-corrected chi connectivity index (χ3v) is 4.21. The standard InChI is InChI=1S/C20H20F2O3/c1-3-13-10-24-20(25-11-13)16-7-5-4-6-15(16)14-8-18(21)17(12-23-2)19(22)9-14/h3-9,13,20H,1,10-12H2,2H3. The van der Waals surface area contributed by atoms with Crippen LogP contribution in [-0.4, -0.2) is 20.3 Å². The Kier molecular flexibility index (Phi) is 5.58. The van der Waals surface area contributed by atoms with Crippen LogP contribution in [-0.2, 0) is 20.8 Å². The average molecular weight is 346 g/mol. The summed E-state index contributed by atoms with van der Waals surface area (Å²) in [4.78, 5) is 0. The highest BCUT2D eigenvalue weighted by Crippen LogP contribution is 2.34. The topological polar surface area (TPSA) is 27.7 Å². The number of hydrogen-bond acceptors (Lipinski definition) is 3. The van der Waals surface area contributed by atoms with Gasteiger partial charge in [0.1, 0.15) is 11.6 Å². The largest absolute Gasteiger partial charge is 0.380 e. The predicted molar refractivity (Wildman–Crippen MR) is 90.8 cm³/mol. The zero-order chi connectivity index (χ0) is 17.8. The fourth-order valence-electron chi connectivity index (χ4n) is 2.84. The maximum absolute atomic E-state index is 14.3. The molecule has 132 valence electrons. The highest BCUT2D eigenvalue weighted by molar-refractivity contribution is 5.68. The molecule has 5 heteroatoms. The molecule has 3 nitrogen and oxygen atoms in total. The van der Waals surface area contributed by atoms with E-state index < -0.39 is 17.9 Å². The van der Waals surface area contributed by atoms with Crippen molar-refractivity contribution >= 4 is 0 Å². The van der Waals surface area contributed by atoms with Crippen LogP contribution in [0.15, 0.2) is 49.1 Å². The molecular formula is C20H20F2O3. The van der Waals surface area contributed by atoms with Crippen molar-refractivity contribution in [2.75, 3.05) is 20.3 Å². The van der Waals surface area contributed by atoms with Crippen LogP contribution < -0.4 is 0 Å². The van der Waals surface area contributed by atoms with Gasteiger partial charge in [0.05, 0.1) is 19.8 Å². The second kappa shape index (κ2) is 7.87. The van der Waals surface area contributed by atoms with Gasteiger partial charge in [-0.3, -0.25) is 0 Å². The Balaban J connectivity index is 1.95. The molecule has 25 heavy (non-hydrogen) atoms. The molecule has 0 radical (unpaired) electrons. The zero-order valence-electron chi connectivity index (χ0n) is 14.0. The SMILES string of the molecule is C=CC1COC(c2ccccc2-c2cc(F)c(COC)c(F)c2)OC1. The fourth-order valence-corrected chi connectivity index (χ4v) is 2.84. The first-order chi connectivity index (χ1) is 12.1. The molecule has 2 aromatic carbocycles. The second-order valence-electron chi connectivity index (χ2n) is 5.93. The monoisotopic (exact) mass is 346 g/mol. The summed E-state index contributed by atoms with van der Waals surface area (Å²) in [5, 5.41) is 0. The molecule has 3 rings (SSSR count). The third-order valence-electron chi connectivity index (χ3n) is 4.21. The lowest BCUT2D eigenvalue weighted by molar-refractivity contribution is -0.197. The molecule has 2 aromatic rings. The number of hydrogen-bond donors (Lipinski definition) is 0. The molecule has 1 heterocycles. The third kappa shape index (κ3) is 3.79. The van der Waals surface area contributed by atoms with Crippen molar-refractivity contribution in [3.05, 3.63) is 71.8 Å². The van der Waals surface area contributed by atoms with E-state index >= 15 is 0 Å². The Morgan fingerprint density at radius 2 is 1.80 bits per heavy atom. The molecule has 0 N–H and O–H groups in total. The number of rotatable bonds is 5. The maximum atomic E-state index is 14.3. The Labute approximate surface area is 145 Å². The van der Waals surface area contributed by atoms with Gasteiger partial charge < -0.3 is 14.2 Å². The summed E-state index contributed by atoms with van der Waals surface area (Å²) in [6, 6.07) is 9.92. The van der Waals surface area contributed by atoms with Crippen molar-refractivity contribution in [3.8, 4) is 11.1 Å². The van der Waals surface area contributed by atoms with Crippen molar-refractivity contribution in [2.24, 2.45) is 5.92 Å². The van der Waals surface area contributed by atoms with Crippen LogP contribution in [0.1, 0.15) is 17.4 Å². The lowest BCUT2D eigenvalue weighted by Crippen LogP contribution is -2.26. The van der Waals surface area contributed by atoms with Crippen molar-refractivity contribution in [3.63, 3.8) is 0 Å². The van der Waals surface area contributed by atoms with Crippen LogP contribution >= 0.6 is 0 Å². The summed E-state index contributed by atoms with van der Waals surface area (Å²) in [5.74, 6) is -1.13. The summed E-state index contributed by atoms with van der Waals surface area (Å²) in [7, 11) is 1.40. The summed E-state index contributed by atoms with van der Waals surface area (Å²) in [5.41, 5.74) is 1.76. The molecule has 0 saturated carbocycles. The van der Waals surface area contributed by atoms with Gasteiger partial charge in [-0.05, 0) is 23.3 Å². The van der Waals surface area contributed by atoms with Gasteiger partial charge in [0.2, 0.25) is 0 Å². The summed E-state index contributed by atoms with van der Waals surface area (Å²) < 4.78 is 44.9. The zero-order valence-corrected chi connectivity index (χ0v) is 14.0. The van der Waals surface area contributed by atoms with E-state index in [0.717, 1.165) is 5.56 Å². The van der Waals surface area contributed by atoms with Crippen molar-refractivity contribution in [1.29, 1.82) is 0 Å². The number of methoxy groups -OCH3 is 1. The normalized spacial score (nSPS) is 20.4. The van der Waals surface area contributed by atoms with Crippen LogP contribution in [0.5, 0.6) is 0 Å². The first-order valence-electron chi connectivity index (χ1n) is 8.06. The highest BCUT2D eigenvalue weighted by Gasteiger charge is 2.24. The molecule has 0 atom stereocenters. The van der Waals surface area contributed by atoms with Gasteiger partial charge in [-0.15, -0.1) is 6.58 Å². The molecule has 0 spiro atoms. The molecule has 1 aliphatic rings. The van der Waals surface area contributed by atoms with E-state index in [1.165, 1.54) is 19.2 Å². The molecule has 0 unspecified atom stereocenters. The molecule has 0 aliphatic carbocycles. The van der Waals surface area contributed by atoms with Crippen molar-refractivity contribution < 1.29 is 23.0 Å². The number of ether oxygens (including phenoxy) is 3. The molecule has 1 fully saturated rings. The van der Waals surface area contributed by atoms with E-state index in [0.29, 0.717) is 24.3 Å². The molecule has 0 amide bonds. The summed E-state index contributed by atoms with van der Waals surface area (Å²) >= 11 is 0. The minimum Gasteiger partial charge on any atom is -0.380 e. The van der Waals surface area contributed by atoms with Gasteiger partial charge in [-0.25, -0.2) is 8.78 Å². The Bertz CT molecular complexity index is 729. The highest BCUT2D eigenvalue weighted by atomic mass is 19.1. The molecule has 0 bridgehead atoms. The van der Waals surface area contributed by atoms with E-state index in [-0.39, 0.29) is 18.1 Å². The lowest BCUT2D eigenvalue weighted by Gasteiger charge is -2.29. The van der Waals surface area contributed by atoms with Crippen LogP contribution in [0, 0.1) is 17.6 Å². The van der Waals surface area contributed by atoms with Crippen LogP contribution in [0.3, 0.4) is 0 Å². The minimum absolute atomic E-state index is 0.0808. The van der Waals surface area contributed by atoms with Crippen LogP contribution in [0.4, 0.5) is 8.78 Å². The predicted octanol–water partition coefficient (Wildman–Crippen LogP) is 4.63. The van der Waals surface area contributed by atoms with E-state index in [2.05, 4.69) is 6.58 Å². The Morgan fingerprint density at radius 1 is 1.16 bits per heavy atom. The molecule has 1 saturated heterocycles. The smallest absolute Gasteiger partial charge is 0.184 e. The Hall–Kier alpha value is -2.08. The lowest BCUT2D eigenvalue weighted by atomic mass is 9.97. The van der Waals surface area contributed by atoms with Gasteiger partial charge in [0.25, 0.3) is 0 Å².